The Morgan fingerprint density at radius 3 is 2.45 bits per heavy atom. The van der Waals surface area contributed by atoms with E-state index in [0.717, 1.165) is 0 Å². The van der Waals surface area contributed by atoms with Crippen molar-refractivity contribution < 1.29 is 14.7 Å². The topological polar surface area (TPSA) is 69.6 Å². The van der Waals surface area contributed by atoms with Gasteiger partial charge in [0.2, 0.25) is 0 Å². The third-order valence-electron chi connectivity index (χ3n) is 2.51. The van der Waals surface area contributed by atoms with E-state index in [1.165, 1.54) is 23.1 Å². The second-order valence-electron chi connectivity index (χ2n) is 5.85. The van der Waals surface area contributed by atoms with Gasteiger partial charge >= 0.3 is 12.0 Å². The summed E-state index contributed by atoms with van der Waals surface area (Å²) in [4.78, 5) is 24.5. The number of hydrogen-bond acceptors (Lipinski definition) is 2. The Bertz CT molecular complexity index is 524. The molecule has 110 valence electrons. The maximum Gasteiger partial charge on any atom is 0.335 e. The Kier molecular flexibility index (Phi) is 5.00. The predicted octanol–water partition coefficient (Wildman–Crippen LogP) is 3.55. The monoisotopic (exact) mass is 298 g/mol. The molecule has 2 amide bonds. The molecule has 1 rings (SSSR count). The highest BCUT2D eigenvalue weighted by Crippen LogP contribution is 2.24. The third kappa shape index (κ3) is 4.74. The molecule has 0 spiro atoms. The molecule has 2 N–H and O–H groups in total. The van der Waals surface area contributed by atoms with E-state index < -0.39 is 5.97 Å². The van der Waals surface area contributed by atoms with Crippen molar-refractivity contribution in [3.63, 3.8) is 0 Å². The highest BCUT2D eigenvalue weighted by Gasteiger charge is 2.18. The van der Waals surface area contributed by atoms with Gasteiger partial charge in [0.15, 0.2) is 0 Å². The van der Waals surface area contributed by atoms with Gasteiger partial charge in [-0.25, -0.2) is 9.59 Å². The number of hydrogen-bond donors (Lipinski definition) is 2. The number of carboxylic acids is 1. The number of carboxylic acid groups (broad SMARTS) is 1. The van der Waals surface area contributed by atoms with Crippen molar-refractivity contribution in [3.05, 3.63) is 28.8 Å². The number of carbonyl (C=O) groups excluding carboxylic acids is 1. The van der Waals surface area contributed by atoms with Crippen molar-refractivity contribution in [2.45, 2.75) is 20.8 Å². The van der Waals surface area contributed by atoms with E-state index >= 15 is 0 Å². The Morgan fingerprint density at radius 1 is 1.35 bits per heavy atom. The molecule has 0 heterocycles. The highest BCUT2D eigenvalue weighted by atomic mass is 35.5. The zero-order valence-electron chi connectivity index (χ0n) is 12.0. The van der Waals surface area contributed by atoms with Gasteiger partial charge in [0, 0.05) is 13.6 Å². The summed E-state index contributed by atoms with van der Waals surface area (Å²) >= 11 is 5.96. The lowest BCUT2D eigenvalue weighted by atomic mass is 9.96. The van der Waals surface area contributed by atoms with Crippen molar-refractivity contribution in [3.8, 4) is 0 Å². The lowest BCUT2D eigenvalue weighted by molar-refractivity contribution is 0.0697. The van der Waals surface area contributed by atoms with Crippen LogP contribution in [0.25, 0.3) is 0 Å². The van der Waals surface area contributed by atoms with Gasteiger partial charge in [-0.3, -0.25) is 0 Å². The molecule has 0 bridgehead atoms. The van der Waals surface area contributed by atoms with Crippen molar-refractivity contribution in [2.24, 2.45) is 5.41 Å². The summed E-state index contributed by atoms with van der Waals surface area (Å²) in [5.41, 5.74) is 0.333. The zero-order valence-corrected chi connectivity index (χ0v) is 12.8. The van der Waals surface area contributed by atoms with Gasteiger partial charge in [0.25, 0.3) is 0 Å². The maximum absolute atomic E-state index is 12.0. The minimum atomic E-state index is -1.07. The molecule has 1 aromatic rings. The summed E-state index contributed by atoms with van der Waals surface area (Å²) in [6, 6.07) is 3.85. The van der Waals surface area contributed by atoms with Gasteiger partial charge < -0.3 is 15.3 Å². The molecular weight excluding hydrogens is 280 g/mol. The van der Waals surface area contributed by atoms with Crippen LogP contribution in [0, 0.1) is 5.41 Å². The van der Waals surface area contributed by atoms with Crippen LogP contribution in [0.5, 0.6) is 0 Å². The number of aromatic carboxylic acids is 1. The smallest absolute Gasteiger partial charge is 0.335 e. The number of nitrogens with one attached hydrogen (secondary N) is 1. The number of urea groups is 1. The largest absolute Gasteiger partial charge is 0.478 e. The second kappa shape index (κ2) is 6.13. The molecule has 5 nitrogen and oxygen atoms in total. The maximum atomic E-state index is 12.0. The molecule has 1 aromatic carbocycles. The standard InChI is InChI=1S/C14H19ClN2O3/c1-14(2,3)8-17(4)13(20)16-11-7-9(12(18)19)5-6-10(11)15/h5-7H,8H2,1-4H3,(H,16,20)(H,18,19). The molecule has 0 atom stereocenters. The first-order chi connectivity index (χ1) is 9.10. The van der Waals surface area contributed by atoms with Crippen LogP contribution >= 0.6 is 11.6 Å². The molecule has 0 radical (unpaired) electrons. The van der Waals surface area contributed by atoms with E-state index in [4.69, 9.17) is 16.7 Å². The summed E-state index contributed by atoms with van der Waals surface area (Å²) in [7, 11) is 1.68. The fourth-order valence-corrected chi connectivity index (χ4v) is 1.91. The molecule has 0 saturated heterocycles. The Hall–Kier alpha value is -1.75. The lowest BCUT2D eigenvalue weighted by Crippen LogP contribution is -2.37. The van der Waals surface area contributed by atoms with Crippen LogP contribution in [0.1, 0.15) is 31.1 Å². The Morgan fingerprint density at radius 2 is 1.95 bits per heavy atom. The lowest BCUT2D eigenvalue weighted by Gasteiger charge is -2.26. The van der Waals surface area contributed by atoms with Crippen molar-refractivity contribution >= 4 is 29.3 Å². The van der Waals surface area contributed by atoms with Crippen molar-refractivity contribution in [1.82, 2.24) is 4.90 Å². The van der Waals surface area contributed by atoms with E-state index in [2.05, 4.69) is 5.32 Å². The van der Waals surface area contributed by atoms with Gasteiger partial charge in [-0.1, -0.05) is 32.4 Å². The van der Waals surface area contributed by atoms with Crippen LogP contribution in [0.2, 0.25) is 5.02 Å². The Labute approximate surface area is 123 Å². The molecule has 0 saturated carbocycles. The summed E-state index contributed by atoms with van der Waals surface area (Å²) in [5.74, 6) is -1.07. The molecular formula is C14H19ClN2O3. The molecule has 0 fully saturated rings. The van der Waals surface area contributed by atoms with Crippen LogP contribution in [0.3, 0.4) is 0 Å². The van der Waals surface area contributed by atoms with Crippen molar-refractivity contribution in [1.29, 1.82) is 0 Å². The summed E-state index contributed by atoms with van der Waals surface area (Å²) < 4.78 is 0. The summed E-state index contributed by atoms with van der Waals surface area (Å²) in [6.07, 6.45) is 0. The SMILES string of the molecule is CN(CC(C)(C)C)C(=O)Nc1cc(C(=O)O)ccc1Cl. The number of amides is 2. The minimum Gasteiger partial charge on any atom is -0.478 e. The molecule has 0 aliphatic heterocycles. The van der Waals surface area contributed by atoms with E-state index in [0.29, 0.717) is 11.6 Å². The summed E-state index contributed by atoms with van der Waals surface area (Å²) in [5, 5.41) is 11.8. The van der Waals surface area contributed by atoms with E-state index in [-0.39, 0.29) is 22.7 Å². The zero-order chi connectivity index (χ0) is 15.5. The number of anilines is 1. The minimum absolute atomic E-state index is 0.0290. The third-order valence-corrected chi connectivity index (χ3v) is 2.84. The van der Waals surface area contributed by atoms with Gasteiger partial charge in [-0.2, -0.15) is 0 Å². The van der Waals surface area contributed by atoms with Crippen LogP contribution in [-0.4, -0.2) is 35.6 Å². The van der Waals surface area contributed by atoms with E-state index in [1.54, 1.807) is 7.05 Å². The molecule has 0 aliphatic rings. The number of benzene rings is 1. The Balaban J connectivity index is 2.85. The quantitative estimate of drug-likeness (QED) is 0.896. The second-order valence-corrected chi connectivity index (χ2v) is 6.25. The van der Waals surface area contributed by atoms with E-state index in [9.17, 15) is 9.59 Å². The van der Waals surface area contributed by atoms with Gasteiger partial charge in [-0.15, -0.1) is 0 Å². The predicted molar refractivity (Wildman–Crippen MR) is 79.5 cm³/mol. The average molecular weight is 299 g/mol. The number of halogens is 1. The molecule has 0 aromatic heterocycles. The molecule has 20 heavy (non-hydrogen) atoms. The fraction of sp³-hybridized carbons (Fsp3) is 0.429. The van der Waals surface area contributed by atoms with Gasteiger partial charge in [-0.05, 0) is 23.6 Å². The van der Waals surface area contributed by atoms with Crippen molar-refractivity contribution in [2.75, 3.05) is 18.9 Å². The normalized spacial score (nSPS) is 11.1. The first-order valence-electron chi connectivity index (χ1n) is 6.15. The van der Waals surface area contributed by atoms with Crippen LogP contribution in [0.4, 0.5) is 10.5 Å². The summed E-state index contributed by atoms with van der Waals surface area (Å²) in [6.45, 7) is 6.63. The van der Waals surface area contributed by atoms with Crippen LogP contribution in [0.15, 0.2) is 18.2 Å². The highest BCUT2D eigenvalue weighted by molar-refractivity contribution is 6.33. The number of nitrogens with zero attached hydrogens (tertiary/aromatic N) is 1. The average Bonchev–Trinajstić information content (AvgIpc) is 2.29. The number of carbonyl (C=O) groups is 2. The van der Waals surface area contributed by atoms with Crippen LogP contribution in [-0.2, 0) is 0 Å². The van der Waals surface area contributed by atoms with Gasteiger partial charge in [0.1, 0.15) is 0 Å². The van der Waals surface area contributed by atoms with Crippen LogP contribution < -0.4 is 5.32 Å². The van der Waals surface area contributed by atoms with Gasteiger partial charge in [0.05, 0.1) is 16.3 Å². The fourth-order valence-electron chi connectivity index (χ4n) is 1.75. The van der Waals surface area contributed by atoms with E-state index in [1.807, 2.05) is 20.8 Å². The number of rotatable bonds is 3. The molecule has 0 aliphatic carbocycles. The molecule has 0 unspecified atom stereocenters. The first-order valence-corrected chi connectivity index (χ1v) is 6.53. The first kappa shape index (κ1) is 16.3. The molecule has 6 heteroatoms.